The fourth-order valence-electron chi connectivity index (χ4n) is 7.90. The Hall–Kier alpha value is -5.55. The maximum Gasteiger partial charge on any atom is 0.144 e. The molecule has 1 atom stereocenters. The number of imidazole rings is 2. The van der Waals surface area contributed by atoms with E-state index >= 15 is 0 Å². The summed E-state index contributed by atoms with van der Waals surface area (Å²) in [5.41, 5.74) is 13.8. The molecule has 5 aromatic carbocycles. The highest BCUT2D eigenvalue weighted by molar-refractivity contribution is 5.71. The van der Waals surface area contributed by atoms with Crippen LogP contribution in [-0.2, 0) is 6.42 Å². The van der Waals surface area contributed by atoms with Crippen molar-refractivity contribution in [2.75, 3.05) is 0 Å². The van der Waals surface area contributed by atoms with E-state index in [4.69, 9.17) is 4.98 Å². The molecule has 0 aliphatic carbocycles. The zero-order valence-corrected chi connectivity index (χ0v) is 37.0. The van der Waals surface area contributed by atoms with Gasteiger partial charge < -0.3 is 0 Å². The number of benzene rings is 5. The number of aromatic nitrogens is 4. The number of hydrogen-bond acceptors (Lipinski definition) is 2. The van der Waals surface area contributed by atoms with Crippen LogP contribution in [0.3, 0.4) is 0 Å². The highest BCUT2D eigenvalue weighted by atomic mass is 19.1. The van der Waals surface area contributed by atoms with Gasteiger partial charge in [-0.05, 0) is 117 Å². The summed E-state index contributed by atoms with van der Waals surface area (Å²) in [7, 11) is 0. The largest absolute Gasteiger partial charge is 0.299 e. The third-order valence-corrected chi connectivity index (χ3v) is 11.7. The Morgan fingerprint density at radius 3 is 1.51 bits per heavy atom. The average Bonchev–Trinajstić information content (AvgIpc) is 3.92. The van der Waals surface area contributed by atoms with Crippen LogP contribution in [0.25, 0.3) is 45.3 Å². The lowest BCUT2D eigenvalue weighted by atomic mass is 9.88. The fourth-order valence-corrected chi connectivity index (χ4v) is 7.90. The maximum atomic E-state index is 13.5. The Kier molecular flexibility index (Phi) is 13.9. The van der Waals surface area contributed by atoms with Crippen LogP contribution in [0.4, 0.5) is 4.39 Å². The summed E-state index contributed by atoms with van der Waals surface area (Å²) in [4.78, 5) is 9.45. The SMILES string of the molecule is CC(C)c1cc(-c2ccccc2)cc(C(C)C)c1-n1ccnc1-c1ccc(F)cc1.CC(C)c1cccc(C(C)C)c1-n1ccnc1-c1ccccc1C[C@@H](C)C(C)C. The van der Waals surface area contributed by atoms with Crippen molar-refractivity contribution in [3.8, 4) is 45.3 Å². The van der Waals surface area contributed by atoms with Gasteiger partial charge in [0, 0.05) is 35.9 Å². The molecule has 0 N–H and O–H groups in total. The molecule has 2 aromatic heterocycles. The van der Waals surface area contributed by atoms with Gasteiger partial charge in [0.2, 0.25) is 0 Å². The summed E-state index contributed by atoms with van der Waals surface area (Å²) < 4.78 is 18.0. The van der Waals surface area contributed by atoms with Gasteiger partial charge in [0.15, 0.2) is 0 Å². The highest BCUT2D eigenvalue weighted by Gasteiger charge is 2.22. The first-order valence-corrected chi connectivity index (χ1v) is 21.5. The van der Waals surface area contributed by atoms with Gasteiger partial charge in [-0.1, -0.05) is 149 Å². The molecule has 7 aromatic rings. The Bertz CT molecular complexity index is 2370. The molecule has 59 heavy (non-hydrogen) atoms. The summed E-state index contributed by atoms with van der Waals surface area (Å²) >= 11 is 0. The minimum absolute atomic E-state index is 0.241. The van der Waals surface area contributed by atoms with Gasteiger partial charge in [-0.15, -0.1) is 0 Å². The predicted molar refractivity (Wildman–Crippen MR) is 247 cm³/mol. The third kappa shape index (κ3) is 9.68. The van der Waals surface area contributed by atoms with Crippen molar-refractivity contribution in [2.24, 2.45) is 11.8 Å². The van der Waals surface area contributed by atoms with Gasteiger partial charge in [-0.2, -0.15) is 0 Å². The molecule has 0 fully saturated rings. The van der Waals surface area contributed by atoms with Crippen LogP contribution >= 0.6 is 0 Å². The second kappa shape index (κ2) is 19.0. The lowest BCUT2D eigenvalue weighted by molar-refractivity contribution is 0.417. The van der Waals surface area contributed by atoms with E-state index in [9.17, 15) is 4.39 Å². The molecule has 0 saturated carbocycles. The summed E-state index contributed by atoms with van der Waals surface area (Å²) in [5, 5.41) is 0. The van der Waals surface area contributed by atoms with Gasteiger partial charge in [0.1, 0.15) is 17.5 Å². The normalized spacial score (nSPS) is 12.2. The standard InChI is InChI=1S/C27H27FN2.C27H36N2/c1-18(2)24-16-22(20-8-6-5-7-9-20)17-25(19(3)4)26(24)30-15-14-29-27(30)21-10-12-23(28)13-11-21;1-18(2)21(7)17-22-11-8-9-12-25(22)27-28-15-16-29(27)26-23(19(3)4)13-10-14-24(26)20(5)6/h5-19H,1-4H3;8-16,18-21H,17H2,1-7H3/t;21-/m.1/s1. The molecule has 0 spiro atoms. The predicted octanol–water partition coefficient (Wildman–Crippen LogP) is 15.2. The Morgan fingerprint density at radius 2 is 0.966 bits per heavy atom. The van der Waals surface area contributed by atoms with Gasteiger partial charge in [-0.3, -0.25) is 9.13 Å². The molecule has 0 aliphatic rings. The third-order valence-electron chi connectivity index (χ3n) is 11.7. The summed E-state index contributed by atoms with van der Waals surface area (Å²) in [5.74, 6) is 4.51. The van der Waals surface area contributed by atoms with Crippen LogP contribution < -0.4 is 0 Å². The minimum Gasteiger partial charge on any atom is -0.299 e. The van der Waals surface area contributed by atoms with E-state index in [0.717, 1.165) is 23.6 Å². The number of para-hydroxylation sites is 1. The van der Waals surface area contributed by atoms with Crippen molar-refractivity contribution in [1.29, 1.82) is 0 Å². The first-order valence-electron chi connectivity index (χ1n) is 21.5. The zero-order chi connectivity index (χ0) is 42.4. The highest BCUT2D eigenvalue weighted by Crippen LogP contribution is 2.39. The van der Waals surface area contributed by atoms with Crippen LogP contribution in [0.5, 0.6) is 0 Å². The molecule has 5 heteroatoms. The Labute approximate surface area is 353 Å². The van der Waals surface area contributed by atoms with E-state index in [0.29, 0.717) is 35.5 Å². The van der Waals surface area contributed by atoms with Crippen molar-refractivity contribution in [3.63, 3.8) is 0 Å². The number of halogens is 1. The monoisotopic (exact) mass is 787 g/mol. The zero-order valence-electron chi connectivity index (χ0n) is 37.0. The minimum atomic E-state index is -0.241. The smallest absolute Gasteiger partial charge is 0.144 e. The van der Waals surface area contributed by atoms with Crippen molar-refractivity contribution in [1.82, 2.24) is 19.1 Å². The first kappa shape index (κ1) is 43.0. The summed E-state index contributed by atoms with van der Waals surface area (Å²) in [6.45, 7) is 25.0. The van der Waals surface area contributed by atoms with Crippen molar-refractivity contribution in [2.45, 2.75) is 106 Å². The summed E-state index contributed by atoms with van der Waals surface area (Å²) in [6, 6.07) is 37.2. The van der Waals surface area contributed by atoms with Gasteiger partial charge in [0.25, 0.3) is 0 Å². The van der Waals surface area contributed by atoms with E-state index in [2.05, 4.69) is 175 Å². The average molecular weight is 787 g/mol. The van der Waals surface area contributed by atoms with E-state index in [-0.39, 0.29) is 5.82 Å². The van der Waals surface area contributed by atoms with Gasteiger partial charge in [-0.25, -0.2) is 14.4 Å². The first-order chi connectivity index (χ1) is 28.3. The lowest BCUT2D eigenvalue weighted by Crippen LogP contribution is -2.10. The van der Waals surface area contributed by atoms with E-state index < -0.39 is 0 Å². The molecule has 0 amide bonds. The molecule has 7 rings (SSSR count). The van der Waals surface area contributed by atoms with E-state index in [1.165, 1.54) is 68.0 Å². The molecule has 0 unspecified atom stereocenters. The quantitative estimate of drug-likeness (QED) is 0.124. The molecule has 0 saturated heterocycles. The van der Waals surface area contributed by atoms with Crippen LogP contribution in [-0.4, -0.2) is 19.1 Å². The number of rotatable bonds is 12. The number of hydrogen-bond donors (Lipinski definition) is 0. The lowest BCUT2D eigenvalue weighted by Gasteiger charge is -2.23. The summed E-state index contributed by atoms with van der Waals surface area (Å²) in [6.07, 6.45) is 8.97. The van der Waals surface area contributed by atoms with E-state index in [1.54, 1.807) is 12.1 Å². The van der Waals surface area contributed by atoms with Gasteiger partial charge in [0.05, 0.1) is 11.4 Å². The molecule has 4 nitrogen and oxygen atoms in total. The second-order valence-corrected chi connectivity index (χ2v) is 17.6. The maximum absolute atomic E-state index is 13.5. The van der Waals surface area contributed by atoms with Crippen LogP contribution in [0.1, 0.15) is 128 Å². The number of nitrogens with zero attached hydrogens (tertiary/aromatic N) is 4. The van der Waals surface area contributed by atoms with Crippen molar-refractivity contribution in [3.05, 3.63) is 168 Å². The van der Waals surface area contributed by atoms with Crippen LogP contribution in [0.2, 0.25) is 0 Å². The molecule has 306 valence electrons. The molecular weight excluding hydrogens is 724 g/mol. The fraction of sp³-hybridized carbons (Fsp3) is 0.333. The topological polar surface area (TPSA) is 35.6 Å². The molecule has 0 aliphatic heterocycles. The Morgan fingerprint density at radius 1 is 0.475 bits per heavy atom. The molecule has 0 radical (unpaired) electrons. The van der Waals surface area contributed by atoms with Gasteiger partial charge >= 0.3 is 0 Å². The molecular formula is C54H63FN4. The molecule has 0 bridgehead atoms. The van der Waals surface area contributed by atoms with Crippen LogP contribution in [0.15, 0.2) is 134 Å². The molecule has 2 heterocycles. The Balaban J connectivity index is 0.000000199. The van der Waals surface area contributed by atoms with Crippen molar-refractivity contribution < 1.29 is 4.39 Å². The van der Waals surface area contributed by atoms with Crippen LogP contribution in [0, 0.1) is 17.7 Å². The van der Waals surface area contributed by atoms with E-state index in [1.807, 2.05) is 24.7 Å². The van der Waals surface area contributed by atoms with Crippen molar-refractivity contribution >= 4 is 0 Å². The second-order valence-electron chi connectivity index (χ2n) is 17.6.